The first kappa shape index (κ1) is 13.3. The summed E-state index contributed by atoms with van der Waals surface area (Å²) in [5.41, 5.74) is 2.10. The second-order valence-corrected chi connectivity index (χ2v) is 6.34. The summed E-state index contributed by atoms with van der Waals surface area (Å²) < 4.78 is 33.1. The monoisotopic (exact) mass is 352 g/mol. The van der Waals surface area contributed by atoms with Gasteiger partial charge < -0.3 is 0 Å². The van der Waals surface area contributed by atoms with Gasteiger partial charge >= 0.3 is 0 Å². The first-order valence-corrected chi connectivity index (χ1v) is 7.83. The average molecular weight is 353 g/mol. The smallest absolute Gasteiger partial charge is 0.282 e. The van der Waals surface area contributed by atoms with Crippen LogP contribution in [-0.2, 0) is 10.1 Å². The van der Waals surface area contributed by atoms with Gasteiger partial charge in [0, 0.05) is 5.56 Å². The van der Waals surface area contributed by atoms with E-state index in [0.29, 0.717) is 16.9 Å². The molecule has 2 aromatic carbocycles. The van der Waals surface area contributed by atoms with Gasteiger partial charge in [0.05, 0.1) is 32.1 Å². The minimum atomic E-state index is -4.23. The number of halogens is 1. The lowest BCUT2D eigenvalue weighted by atomic mass is 10.2. The molecule has 1 N–H and O–H groups in total. The summed E-state index contributed by atoms with van der Waals surface area (Å²) in [5.74, 6) is 0.660. The van der Waals surface area contributed by atoms with E-state index in [1.807, 2.05) is 30.3 Å². The topological polar surface area (TPSA) is 72.2 Å². The Kier molecular flexibility index (Phi) is 3.12. The summed E-state index contributed by atoms with van der Waals surface area (Å²) in [4.78, 5) is 4.28. The molecule has 1 aromatic heterocycles. The maximum Gasteiger partial charge on any atom is 0.294 e. The van der Waals surface area contributed by atoms with Crippen molar-refractivity contribution in [1.82, 2.24) is 8.58 Å². The van der Waals surface area contributed by atoms with Gasteiger partial charge in [-0.25, -0.2) is 4.98 Å². The van der Waals surface area contributed by atoms with Gasteiger partial charge in [0.2, 0.25) is 0 Å². The SMILES string of the molecule is O=S(=O)(O)c1ccc2nc(-c3ccccc3)n(Br)c2c1. The van der Waals surface area contributed by atoms with Crippen LogP contribution < -0.4 is 0 Å². The number of fused-ring (bicyclic) bond motifs is 1. The van der Waals surface area contributed by atoms with Gasteiger partial charge in [-0.1, -0.05) is 30.3 Å². The lowest BCUT2D eigenvalue weighted by Gasteiger charge is -2.00. The van der Waals surface area contributed by atoms with E-state index < -0.39 is 10.1 Å². The Bertz CT molecular complexity index is 889. The number of aromatic nitrogens is 2. The highest BCUT2D eigenvalue weighted by Gasteiger charge is 2.15. The predicted octanol–water partition coefficient (Wildman–Crippen LogP) is 3.11. The van der Waals surface area contributed by atoms with E-state index in [1.165, 1.54) is 12.1 Å². The number of hydrogen-bond acceptors (Lipinski definition) is 3. The van der Waals surface area contributed by atoms with Crippen LogP contribution in [0.1, 0.15) is 0 Å². The van der Waals surface area contributed by atoms with Crippen LogP contribution in [0.15, 0.2) is 53.4 Å². The minimum Gasteiger partial charge on any atom is -0.282 e. The van der Waals surface area contributed by atoms with Crippen molar-refractivity contribution in [2.24, 2.45) is 0 Å². The highest BCUT2D eigenvalue weighted by Crippen LogP contribution is 2.28. The van der Waals surface area contributed by atoms with Crippen LogP contribution in [0, 0.1) is 0 Å². The molecule has 7 heteroatoms. The molecule has 20 heavy (non-hydrogen) atoms. The van der Waals surface area contributed by atoms with Gasteiger partial charge in [0.15, 0.2) is 5.82 Å². The fourth-order valence-corrected chi connectivity index (χ4v) is 3.02. The lowest BCUT2D eigenvalue weighted by molar-refractivity contribution is 0.483. The van der Waals surface area contributed by atoms with E-state index >= 15 is 0 Å². The van der Waals surface area contributed by atoms with E-state index in [2.05, 4.69) is 21.1 Å². The summed E-state index contributed by atoms with van der Waals surface area (Å²) in [7, 11) is -4.23. The standard InChI is InChI=1S/C13H9BrN2O3S/c14-16-12-8-10(20(17,18)19)6-7-11(12)15-13(16)9-4-2-1-3-5-9/h1-8H,(H,17,18,19). The number of rotatable bonds is 2. The van der Waals surface area contributed by atoms with E-state index in [4.69, 9.17) is 4.55 Å². The van der Waals surface area contributed by atoms with Gasteiger partial charge in [-0.3, -0.25) is 8.15 Å². The van der Waals surface area contributed by atoms with Crippen LogP contribution in [0.2, 0.25) is 0 Å². The summed E-state index contributed by atoms with van der Waals surface area (Å²) >= 11 is 3.37. The number of imidazole rings is 1. The Morgan fingerprint density at radius 2 is 1.80 bits per heavy atom. The lowest BCUT2D eigenvalue weighted by Crippen LogP contribution is -1.97. The number of benzene rings is 2. The normalized spacial score (nSPS) is 11.9. The molecule has 3 rings (SSSR count). The fraction of sp³-hybridized carbons (Fsp3) is 0. The van der Waals surface area contributed by atoms with Crippen molar-refractivity contribution in [2.75, 3.05) is 0 Å². The molecule has 0 amide bonds. The van der Waals surface area contributed by atoms with Crippen LogP contribution in [0.25, 0.3) is 22.4 Å². The zero-order valence-electron chi connectivity index (χ0n) is 10.1. The molecule has 0 fully saturated rings. The largest absolute Gasteiger partial charge is 0.294 e. The van der Waals surface area contributed by atoms with Gasteiger partial charge in [0.25, 0.3) is 10.1 Å². The van der Waals surface area contributed by atoms with Crippen LogP contribution >= 0.6 is 16.1 Å². The summed E-state index contributed by atoms with van der Waals surface area (Å²) in [6.45, 7) is 0. The second kappa shape index (κ2) is 4.69. The van der Waals surface area contributed by atoms with Crippen LogP contribution in [0.3, 0.4) is 0 Å². The van der Waals surface area contributed by atoms with Crippen molar-refractivity contribution in [2.45, 2.75) is 4.90 Å². The molecule has 3 aromatic rings. The van der Waals surface area contributed by atoms with Crippen molar-refractivity contribution in [3.8, 4) is 11.4 Å². The maximum absolute atomic E-state index is 11.2. The third kappa shape index (κ3) is 2.24. The van der Waals surface area contributed by atoms with Crippen molar-refractivity contribution in [3.63, 3.8) is 0 Å². The molecule has 0 aliphatic carbocycles. The van der Waals surface area contributed by atoms with E-state index in [1.54, 1.807) is 9.66 Å². The first-order valence-electron chi connectivity index (χ1n) is 5.68. The number of hydrogen-bond donors (Lipinski definition) is 1. The van der Waals surface area contributed by atoms with Gasteiger partial charge in [-0.05, 0) is 18.2 Å². The van der Waals surface area contributed by atoms with Crippen LogP contribution in [0.5, 0.6) is 0 Å². The Morgan fingerprint density at radius 1 is 1.10 bits per heavy atom. The third-order valence-corrected chi connectivity index (χ3v) is 4.47. The molecule has 0 saturated carbocycles. The maximum atomic E-state index is 11.2. The molecule has 102 valence electrons. The van der Waals surface area contributed by atoms with Crippen LogP contribution in [-0.4, -0.2) is 21.5 Å². The van der Waals surface area contributed by atoms with Crippen molar-refractivity contribution >= 4 is 37.3 Å². The molecular formula is C13H9BrN2O3S. The van der Waals surface area contributed by atoms with E-state index in [0.717, 1.165) is 5.56 Å². The summed E-state index contributed by atoms with van der Waals surface area (Å²) in [6, 6.07) is 13.8. The average Bonchev–Trinajstić information content (AvgIpc) is 2.76. The highest BCUT2D eigenvalue weighted by atomic mass is 79.9. The Labute approximate surface area is 124 Å². The molecular weight excluding hydrogens is 344 g/mol. The fourth-order valence-electron chi connectivity index (χ4n) is 1.95. The summed E-state index contributed by atoms with van der Waals surface area (Å²) in [5, 5.41) is 0. The summed E-state index contributed by atoms with van der Waals surface area (Å²) in [6.07, 6.45) is 0. The predicted molar refractivity (Wildman–Crippen MR) is 79.3 cm³/mol. The van der Waals surface area contributed by atoms with Crippen molar-refractivity contribution < 1.29 is 13.0 Å². The highest BCUT2D eigenvalue weighted by molar-refractivity contribution is 9.08. The molecule has 0 radical (unpaired) electrons. The second-order valence-electron chi connectivity index (χ2n) is 4.21. The molecule has 0 bridgehead atoms. The molecule has 0 aliphatic heterocycles. The zero-order valence-corrected chi connectivity index (χ0v) is 12.5. The molecule has 1 heterocycles. The van der Waals surface area contributed by atoms with Gasteiger partial charge in [0.1, 0.15) is 0 Å². The zero-order chi connectivity index (χ0) is 14.3. The molecule has 5 nitrogen and oxygen atoms in total. The third-order valence-electron chi connectivity index (χ3n) is 2.90. The molecule has 0 atom stereocenters. The van der Waals surface area contributed by atoms with E-state index in [9.17, 15) is 8.42 Å². The minimum absolute atomic E-state index is 0.162. The van der Waals surface area contributed by atoms with Gasteiger partial charge in [-0.2, -0.15) is 8.42 Å². The van der Waals surface area contributed by atoms with Crippen molar-refractivity contribution in [3.05, 3.63) is 48.5 Å². The Hall–Kier alpha value is -1.70. The Morgan fingerprint density at radius 3 is 2.45 bits per heavy atom. The van der Waals surface area contributed by atoms with Gasteiger partial charge in [-0.15, -0.1) is 0 Å². The van der Waals surface area contributed by atoms with Crippen molar-refractivity contribution in [1.29, 1.82) is 0 Å². The molecule has 0 aliphatic rings. The quantitative estimate of drug-likeness (QED) is 0.719. The molecule has 0 unspecified atom stereocenters. The Balaban J connectivity index is 2.26. The molecule has 0 saturated heterocycles. The van der Waals surface area contributed by atoms with Crippen LogP contribution in [0.4, 0.5) is 0 Å². The number of nitrogens with zero attached hydrogens (tertiary/aromatic N) is 2. The van der Waals surface area contributed by atoms with E-state index in [-0.39, 0.29) is 4.90 Å². The molecule has 0 spiro atoms. The first-order chi connectivity index (χ1) is 9.47.